The first-order valence-corrected chi connectivity index (χ1v) is 9.83. The van der Waals surface area contributed by atoms with Crippen molar-refractivity contribution in [3.05, 3.63) is 53.6 Å². The van der Waals surface area contributed by atoms with Crippen LogP contribution in [0.25, 0.3) is 0 Å². The van der Waals surface area contributed by atoms with E-state index in [0.29, 0.717) is 17.9 Å². The second-order valence-electron chi connectivity index (χ2n) is 5.59. The molecule has 5 nitrogen and oxygen atoms in total. The van der Waals surface area contributed by atoms with Crippen molar-refractivity contribution in [1.82, 2.24) is 0 Å². The van der Waals surface area contributed by atoms with Crippen LogP contribution in [0.15, 0.2) is 53.4 Å². The van der Waals surface area contributed by atoms with Crippen LogP contribution in [0.1, 0.15) is 26.7 Å². The van der Waals surface area contributed by atoms with Gasteiger partial charge in [-0.25, -0.2) is 8.42 Å². The number of rotatable bonds is 7. The maximum atomic E-state index is 13.1. The summed E-state index contributed by atoms with van der Waals surface area (Å²) in [7, 11) is -3.76. The number of anilines is 2. The third-order valence-corrected chi connectivity index (χ3v) is 5.73. The van der Waals surface area contributed by atoms with E-state index in [9.17, 15) is 13.2 Å². The second-order valence-corrected chi connectivity index (χ2v) is 7.86. The molecule has 2 aromatic rings. The van der Waals surface area contributed by atoms with Crippen LogP contribution in [-0.4, -0.2) is 20.9 Å². The number of carbonyl (C=O) groups excluding carboxylic acids is 1. The largest absolute Gasteiger partial charge is 0.325 e. The molecule has 0 aliphatic rings. The molecule has 1 amide bonds. The Morgan fingerprint density at radius 3 is 2.40 bits per heavy atom. The Morgan fingerprint density at radius 2 is 1.84 bits per heavy atom. The van der Waals surface area contributed by atoms with E-state index in [-0.39, 0.29) is 15.8 Å². The van der Waals surface area contributed by atoms with Crippen molar-refractivity contribution in [2.24, 2.45) is 0 Å². The highest BCUT2D eigenvalue weighted by Gasteiger charge is 2.25. The van der Waals surface area contributed by atoms with E-state index in [2.05, 4.69) is 5.32 Å². The SMILES string of the molecule is CCCCN(c1ccccc1)S(=O)(=O)c1ccc(NC(C)=O)c(Cl)c1. The highest BCUT2D eigenvalue weighted by molar-refractivity contribution is 7.92. The molecular formula is C18H21ClN2O3S. The number of amides is 1. The summed E-state index contributed by atoms with van der Waals surface area (Å²) in [5.41, 5.74) is 0.992. The van der Waals surface area contributed by atoms with Gasteiger partial charge in [0.15, 0.2) is 0 Å². The Bertz CT molecular complexity index is 839. The Balaban J connectivity index is 2.42. The van der Waals surface area contributed by atoms with Crippen LogP contribution in [0.4, 0.5) is 11.4 Å². The smallest absolute Gasteiger partial charge is 0.264 e. The van der Waals surface area contributed by atoms with E-state index >= 15 is 0 Å². The number of hydrogen-bond donors (Lipinski definition) is 1. The Kier molecular flexibility index (Phi) is 6.45. The highest BCUT2D eigenvalue weighted by Crippen LogP contribution is 2.29. The van der Waals surface area contributed by atoms with Gasteiger partial charge in [0.25, 0.3) is 10.0 Å². The number of sulfonamides is 1. The number of nitrogens with zero attached hydrogens (tertiary/aromatic N) is 1. The molecule has 2 rings (SSSR count). The first-order valence-electron chi connectivity index (χ1n) is 8.01. The molecule has 2 aromatic carbocycles. The lowest BCUT2D eigenvalue weighted by molar-refractivity contribution is -0.114. The molecule has 0 bridgehead atoms. The Labute approximate surface area is 153 Å². The third kappa shape index (κ3) is 4.74. The van der Waals surface area contributed by atoms with Crippen molar-refractivity contribution < 1.29 is 13.2 Å². The number of para-hydroxylation sites is 1. The summed E-state index contributed by atoms with van der Waals surface area (Å²) >= 11 is 6.14. The van der Waals surface area contributed by atoms with Crippen LogP contribution in [0, 0.1) is 0 Å². The molecule has 0 saturated heterocycles. The third-order valence-electron chi connectivity index (χ3n) is 3.60. The molecule has 134 valence electrons. The van der Waals surface area contributed by atoms with Crippen LogP contribution in [0.3, 0.4) is 0 Å². The van der Waals surface area contributed by atoms with E-state index in [1.807, 2.05) is 13.0 Å². The van der Waals surface area contributed by atoms with Gasteiger partial charge in [0.1, 0.15) is 0 Å². The summed E-state index contributed by atoms with van der Waals surface area (Å²) in [6, 6.07) is 13.3. The Morgan fingerprint density at radius 1 is 1.16 bits per heavy atom. The fraction of sp³-hybridized carbons (Fsp3) is 0.278. The second kappa shape index (κ2) is 8.36. The maximum absolute atomic E-state index is 13.1. The van der Waals surface area contributed by atoms with Crippen LogP contribution in [-0.2, 0) is 14.8 Å². The minimum Gasteiger partial charge on any atom is -0.325 e. The molecule has 1 N–H and O–H groups in total. The van der Waals surface area contributed by atoms with Gasteiger partial charge in [-0.1, -0.05) is 43.1 Å². The lowest BCUT2D eigenvalue weighted by Gasteiger charge is -2.24. The van der Waals surface area contributed by atoms with Crippen LogP contribution >= 0.6 is 11.6 Å². The van der Waals surface area contributed by atoms with Crippen molar-refractivity contribution in [3.8, 4) is 0 Å². The molecule has 0 heterocycles. The molecule has 0 radical (unpaired) electrons. The van der Waals surface area contributed by atoms with Gasteiger partial charge >= 0.3 is 0 Å². The monoisotopic (exact) mass is 380 g/mol. The molecule has 25 heavy (non-hydrogen) atoms. The zero-order chi connectivity index (χ0) is 18.4. The van der Waals surface area contributed by atoms with Crippen LogP contribution in [0.5, 0.6) is 0 Å². The summed E-state index contributed by atoms with van der Waals surface area (Å²) in [4.78, 5) is 11.3. The number of benzene rings is 2. The van der Waals surface area contributed by atoms with Crippen molar-refractivity contribution in [1.29, 1.82) is 0 Å². The minimum atomic E-state index is -3.76. The van der Waals surface area contributed by atoms with Gasteiger partial charge in [0.2, 0.25) is 5.91 Å². The van der Waals surface area contributed by atoms with Gasteiger partial charge in [0.05, 0.1) is 21.3 Å². The molecule has 0 unspecified atom stereocenters. The van der Waals surface area contributed by atoms with E-state index in [1.54, 1.807) is 24.3 Å². The predicted molar refractivity (Wildman–Crippen MR) is 102 cm³/mol. The average Bonchev–Trinajstić information content (AvgIpc) is 2.57. The van der Waals surface area contributed by atoms with E-state index < -0.39 is 10.0 Å². The van der Waals surface area contributed by atoms with Crippen molar-refractivity contribution in [2.75, 3.05) is 16.2 Å². The number of halogens is 1. The molecule has 0 spiro atoms. The first kappa shape index (κ1) is 19.3. The standard InChI is InChI=1S/C18H21ClN2O3S/c1-3-4-12-21(15-8-6-5-7-9-15)25(23,24)16-10-11-18(17(19)13-16)20-14(2)22/h5-11,13H,3-4,12H2,1-2H3,(H,20,22). The molecule has 0 aliphatic carbocycles. The molecule has 0 saturated carbocycles. The van der Waals surface area contributed by atoms with Gasteiger partial charge in [0, 0.05) is 13.5 Å². The van der Waals surface area contributed by atoms with Crippen molar-refractivity contribution >= 4 is 38.9 Å². The van der Waals surface area contributed by atoms with Gasteiger partial charge in [-0.3, -0.25) is 9.10 Å². The van der Waals surface area contributed by atoms with E-state index in [4.69, 9.17) is 11.6 Å². The molecule has 7 heteroatoms. The first-order chi connectivity index (χ1) is 11.9. The van der Waals surface area contributed by atoms with Crippen molar-refractivity contribution in [2.45, 2.75) is 31.6 Å². The number of nitrogens with one attached hydrogen (secondary N) is 1. The van der Waals surface area contributed by atoms with E-state index in [1.165, 1.54) is 29.4 Å². The fourth-order valence-electron chi connectivity index (χ4n) is 2.36. The van der Waals surface area contributed by atoms with Gasteiger partial charge < -0.3 is 5.32 Å². The fourth-order valence-corrected chi connectivity index (χ4v) is 4.18. The van der Waals surface area contributed by atoms with Crippen molar-refractivity contribution in [3.63, 3.8) is 0 Å². The number of carbonyl (C=O) groups is 1. The summed E-state index contributed by atoms with van der Waals surface area (Å²) in [5, 5.41) is 2.75. The lowest BCUT2D eigenvalue weighted by Crippen LogP contribution is -2.32. The number of unbranched alkanes of at least 4 members (excludes halogenated alkanes) is 1. The van der Waals surface area contributed by atoms with Gasteiger partial charge in [-0.2, -0.15) is 0 Å². The molecular weight excluding hydrogens is 360 g/mol. The van der Waals surface area contributed by atoms with Gasteiger partial charge in [-0.15, -0.1) is 0 Å². The lowest BCUT2D eigenvalue weighted by atomic mass is 10.3. The van der Waals surface area contributed by atoms with Crippen LogP contribution in [0.2, 0.25) is 5.02 Å². The Hall–Kier alpha value is -2.05. The quantitative estimate of drug-likeness (QED) is 0.778. The number of hydrogen-bond acceptors (Lipinski definition) is 3. The molecule has 0 fully saturated rings. The summed E-state index contributed by atoms with van der Waals surface area (Å²) in [6.45, 7) is 3.76. The zero-order valence-electron chi connectivity index (χ0n) is 14.2. The van der Waals surface area contributed by atoms with E-state index in [0.717, 1.165) is 12.8 Å². The predicted octanol–water partition coefficient (Wildman–Crippen LogP) is 4.29. The average molecular weight is 381 g/mol. The minimum absolute atomic E-state index is 0.0894. The molecule has 0 aromatic heterocycles. The summed E-state index contributed by atoms with van der Waals surface area (Å²) < 4.78 is 27.6. The molecule has 0 atom stereocenters. The van der Waals surface area contributed by atoms with Gasteiger partial charge in [-0.05, 0) is 36.8 Å². The normalized spacial score (nSPS) is 11.2. The summed E-state index contributed by atoms with van der Waals surface area (Å²) in [5.74, 6) is -0.272. The highest BCUT2D eigenvalue weighted by atomic mass is 35.5. The van der Waals surface area contributed by atoms with Crippen LogP contribution < -0.4 is 9.62 Å². The zero-order valence-corrected chi connectivity index (χ0v) is 15.8. The molecule has 0 aliphatic heterocycles. The summed E-state index contributed by atoms with van der Waals surface area (Å²) in [6.07, 6.45) is 1.62. The topological polar surface area (TPSA) is 66.5 Å². The maximum Gasteiger partial charge on any atom is 0.264 e.